The largest absolute Gasteiger partial charge is 0.308 e. The van der Waals surface area contributed by atoms with Crippen molar-refractivity contribution >= 4 is 98.3 Å². The molecule has 4 nitrogen and oxygen atoms in total. The van der Waals surface area contributed by atoms with Gasteiger partial charge in [0.15, 0.2) is 0 Å². The van der Waals surface area contributed by atoms with Gasteiger partial charge in [0.2, 0.25) is 0 Å². The van der Waals surface area contributed by atoms with E-state index < -0.39 is 10.8 Å². The van der Waals surface area contributed by atoms with Crippen molar-refractivity contribution in [2.45, 2.75) is 10.8 Å². The molecule has 17 aromatic rings. The van der Waals surface area contributed by atoms with Crippen molar-refractivity contribution in [1.82, 2.24) is 17.9 Å². The van der Waals surface area contributed by atoms with E-state index >= 15 is 0 Å². The lowest BCUT2D eigenvalue weighted by Gasteiger charge is -2.41. The van der Waals surface area contributed by atoms with Crippen LogP contribution in [0.15, 0.2) is 267 Å². The summed E-state index contributed by atoms with van der Waals surface area (Å²) in [5, 5.41) is 10.0. The Morgan fingerprint density at radius 2 is 0.538 bits per heavy atom. The summed E-state index contributed by atoms with van der Waals surface area (Å²) < 4.78 is 10.6. The fraction of sp³-hybridized carbons (Fsp3) is 0.0270. The van der Waals surface area contributed by atoms with Crippen molar-refractivity contribution in [2.24, 2.45) is 0 Å². The minimum atomic E-state index is -0.572. The Bertz CT molecular complexity index is 5000. The summed E-state index contributed by atoms with van der Waals surface area (Å²) in [6.45, 7) is 0. The van der Waals surface area contributed by atoms with Gasteiger partial charge in [-0.3, -0.25) is 0 Å². The van der Waals surface area contributed by atoms with Gasteiger partial charge in [0.1, 0.15) is 0 Å². The monoisotopic (exact) mass is 988 g/mol. The van der Waals surface area contributed by atoms with Crippen LogP contribution in [0.2, 0.25) is 0 Å². The third-order valence-corrected chi connectivity index (χ3v) is 18.5. The molecule has 2 aliphatic rings. The summed E-state index contributed by atoms with van der Waals surface area (Å²) >= 11 is 0. The van der Waals surface area contributed by atoms with Crippen LogP contribution in [0.1, 0.15) is 44.5 Å². The second-order valence-corrected chi connectivity index (χ2v) is 21.8. The van der Waals surface area contributed by atoms with Crippen LogP contribution in [0.5, 0.6) is 0 Å². The molecule has 2 aliphatic heterocycles. The van der Waals surface area contributed by atoms with Crippen molar-refractivity contribution in [2.75, 3.05) is 0 Å². The lowest BCUT2D eigenvalue weighted by atomic mass is 9.63. The molecule has 12 aromatic carbocycles. The highest BCUT2D eigenvalue weighted by Crippen LogP contribution is 2.59. The molecule has 360 valence electrons. The van der Waals surface area contributed by atoms with E-state index in [1.165, 1.54) is 154 Å². The average molecular weight is 989 g/mol. The number of benzene rings is 12. The first-order chi connectivity index (χ1) is 38.8. The minimum absolute atomic E-state index is 0.572. The second-order valence-electron chi connectivity index (χ2n) is 21.8. The summed E-state index contributed by atoms with van der Waals surface area (Å²) in [6, 6.07) is 101. The molecule has 0 bridgehead atoms. The first kappa shape index (κ1) is 41.1. The Kier molecular flexibility index (Phi) is 7.59. The highest BCUT2D eigenvalue weighted by atomic mass is 15.1. The Hall–Kier alpha value is -10.2. The lowest BCUT2D eigenvalue weighted by molar-refractivity contribution is 0.728. The summed E-state index contributed by atoms with van der Waals surface area (Å²) in [7, 11) is 0. The van der Waals surface area contributed by atoms with Crippen LogP contribution < -0.4 is 0 Å². The number of nitrogens with zero attached hydrogens (tertiary/aromatic N) is 4. The zero-order valence-electron chi connectivity index (χ0n) is 42.2. The molecule has 0 unspecified atom stereocenters. The summed E-state index contributed by atoms with van der Waals surface area (Å²) in [5.41, 5.74) is 23.7. The smallest absolute Gasteiger partial charge is 0.0804 e. The predicted molar refractivity (Wildman–Crippen MR) is 322 cm³/mol. The maximum absolute atomic E-state index is 2.64. The Morgan fingerprint density at radius 3 is 0.936 bits per heavy atom. The summed E-state index contributed by atoms with van der Waals surface area (Å²) in [6.07, 6.45) is 0. The van der Waals surface area contributed by atoms with Crippen molar-refractivity contribution in [1.29, 1.82) is 0 Å². The van der Waals surface area contributed by atoms with Crippen LogP contribution in [0, 0.1) is 0 Å². The molecule has 0 fully saturated rings. The molecule has 0 aliphatic carbocycles. The zero-order valence-corrected chi connectivity index (χ0v) is 42.2. The van der Waals surface area contributed by atoms with Gasteiger partial charge in [-0.25, -0.2) is 0 Å². The first-order valence-corrected chi connectivity index (χ1v) is 27.3. The molecule has 0 amide bonds. The van der Waals surface area contributed by atoms with Crippen molar-refractivity contribution in [3.63, 3.8) is 0 Å². The van der Waals surface area contributed by atoms with Crippen LogP contribution in [-0.2, 0) is 10.8 Å². The molecule has 5 aromatic heterocycles. The van der Waals surface area contributed by atoms with Crippen LogP contribution >= 0.6 is 0 Å². The number of aromatic nitrogens is 4. The zero-order chi connectivity index (χ0) is 50.6. The van der Waals surface area contributed by atoms with Gasteiger partial charge in [-0.1, -0.05) is 231 Å². The molecule has 0 spiro atoms. The molecule has 0 N–H and O–H groups in total. The van der Waals surface area contributed by atoms with Gasteiger partial charge in [0.05, 0.1) is 77.4 Å². The third kappa shape index (κ3) is 4.58. The van der Waals surface area contributed by atoms with E-state index in [4.69, 9.17) is 0 Å². The normalized spacial score (nSPS) is 14.4. The molecule has 0 radical (unpaired) electrons. The van der Waals surface area contributed by atoms with Gasteiger partial charge in [0.25, 0.3) is 0 Å². The summed E-state index contributed by atoms with van der Waals surface area (Å²) in [4.78, 5) is 0. The Morgan fingerprint density at radius 1 is 0.218 bits per heavy atom. The molecular weight excluding hydrogens is 945 g/mol. The standard InChI is InChI=1S/C74H44N4/c1-5-23-45(24-6-1)73(46-25-7-2-8-26-46)55-35-15-19-41-61(55)77-67-49(33-21-37-57(67)73)53-43-63-71-65(69(53)77)51-31-13-17-39-59(51)76(71)64-44-54-50-34-22-38-58-68(50)78(70(54)66-52-32-14-18-40-60(52)75(63)72(64)66)62-42-20-16-36-56(62)74(58,47-27-9-3-10-28-47)48-29-11-4-12-30-48/h1-44H. The maximum atomic E-state index is 2.64. The Labute approximate surface area is 447 Å². The molecule has 4 heteroatoms. The molecule has 0 saturated heterocycles. The molecule has 0 saturated carbocycles. The SMILES string of the molecule is c1ccc(C2(c3ccccc3)c3ccccc3-n3c4c2cccc4c2cc4c5c(c6ccccc6n5c5cc6c7cccc8c7n(c6c6c7ccccc7n4c65)-c4ccccc4C8(c4ccccc4)c4ccccc4)c23)cc1. The third-order valence-electron chi connectivity index (χ3n) is 18.5. The lowest BCUT2D eigenvalue weighted by Crippen LogP contribution is -2.35. The van der Waals surface area contributed by atoms with Crippen LogP contribution in [-0.4, -0.2) is 17.9 Å². The minimum Gasteiger partial charge on any atom is -0.308 e. The summed E-state index contributed by atoms with van der Waals surface area (Å²) in [5.74, 6) is 0. The van der Waals surface area contributed by atoms with E-state index in [9.17, 15) is 0 Å². The van der Waals surface area contributed by atoms with E-state index in [-0.39, 0.29) is 0 Å². The van der Waals surface area contributed by atoms with Gasteiger partial charge in [-0.05, 0) is 80.9 Å². The molecular formula is C74H44N4. The average Bonchev–Trinajstić information content (AvgIpc) is 4.41. The molecule has 0 atom stereocenters. The van der Waals surface area contributed by atoms with Crippen molar-refractivity contribution in [3.05, 3.63) is 311 Å². The predicted octanol–water partition coefficient (Wildman–Crippen LogP) is 17.8. The van der Waals surface area contributed by atoms with Gasteiger partial charge < -0.3 is 17.9 Å². The number of fused-ring (bicyclic) bond motifs is 20. The van der Waals surface area contributed by atoms with Crippen LogP contribution in [0.25, 0.3) is 110 Å². The number of rotatable bonds is 4. The van der Waals surface area contributed by atoms with E-state index in [2.05, 4.69) is 285 Å². The molecule has 19 rings (SSSR count). The van der Waals surface area contributed by atoms with E-state index in [0.29, 0.717) is 0 Å². The quantitative estimate of drug-likeness (QED) is 0.157. The van der Waals surface area contributed by atoms with E-state index in [1.807, 2.05) is 0 Å². The first-order valence-electron chi connectivity index (χ1n) is 27.3. The highest BCUT2D eigenvalue weighted by molar-refractivity contribution is 6.35. The fourth-order valence-corrected chi connectivity index (χ4v) is 15.9. The number of para-hydroxylation sites is 6. The molecule has 78 heavy (non-hydrogen) atoms. The second kappa shape index (κ2) is 14.4. The van der Waals surface area contributed by atoms with Crippen LogP contribution in [0.3, 0.4) is 0 Å². The fourth-order valence-electron chi connectivity index (χ4n) is 15.9. The molecule has 7 heterocycles. The van der Waals surface area contributed by atoms with E-state index in [1.54, 1.807) is 0 Å². The Balaban J connectivity index is 1.04. The number of hydrogen-bond donors (Lipinski definition) is 0. The van der Waals surface area contributed by atoms with Gasteiger partial charge in [-0.2, -0.15) is 0 Å². The highest BCUT2D eigenvalue weighted by Gasteiger charge is 2.47. The van der Waals surface area contributed by atoms with Gasteiger partial charge >= 0.3 is 0 Å². The van der Waals surface area contributed by atoms with Crippen molar-refractivity contribution < 1.29 is 0 Å². The van der Waals surface area contributed by atoms with Gasteiger partial charge in [0, 0.05) is 43.1 Å². The van der Waals surface area contributed by atoms with Crippen molar-refractivity contribution in [3.8, 4) is 11.4 Å². The van der Waals surface area contributed by atoms with Crippen LogP contribution in [0.4, 0.5) is 0 Å². The number of hydrogen-bond acceptors (Lipinski definition) is 0. The van der Waals surface area contributed by atoms with Gasteiger partial charge in [-0.15, -0.1) is 0 Å². The topological polar surface area (TPSA) is 18.7 Å². The maximum Gasteiger partial charge on any atom is 0.0804 e. The van der Waals surface area contributed by atoms with E-state index in [0.717, 1.165) is 0 Å².